The maximum atomic E-state index is 14.0. The Morgan fingerprint density at radius 1 is 0.600 bits per heavy atom. The minimum absolute atomic E-state index is 0.0284. The number of nitrogens with zero attached hydrogens (tertiary/aromatic N) is 4. The van der Waals surface area contributed by atoms with Crippen molar-refractivity contribution < 1.29 is 38.1 Å². The summed E-state index contributed by atoms with van der Waals surface area (Å²) in [6.45, 7) is 3.41. The number of H-pyrrole nitrogens is 2. The average molecular weight is 823 g/mol. The van der Waals surface area contributed by atoms with Gasteiger partial charge in [-0.2, -0.15) is 0 Å². The summed E-state index contributed by atoms with van der Waals surface area (Å²) >= 11 is 0. The summed E-state index contributed by atoms with van der Waals surface area (Å²) < 4.78 is 20.8. The lowest BCUT2D eigenvalue weighted by molar-refractivity contribution is -0.137. The Labute approximate surface area is 349 Å². The Balaban J connectivity index is 0.913. The molecule has 2 unspecified atom stereocenters. The number of methoxy groups -OCH3 is 2. The molecule has 4 aromatic rings. The minimum atomic E-state index is -0.685. The number of carbonyl (C=O) groups is 4. The van der Waals surface area contributed by atoms with Crippen molar-refractivity contribution in [2.75, 3.05) is 53.7 Å². The van der Waals surface area contributed by atoms with Crippen LogP contribution < -0.4 is 10.6 Å². The Kier molecular flexibility index (Phi) is 12.8. The second-order valence-electron chi connectivity index (χ2n) is 16.0. The molecule has 0 spiro atoms. The zero-order chi connectivity index (χ0) is 41.6. The van der Waals surface area contributed by atoms with E-state index in [9.17, 15) is 19.2 Å². The van der Waals surface area contributed by atoms with Gasteiger partial charge in [0.1, 0.15) is 23.7 Å². The Bertz CT molecular complexity index is 1960. The van der Waals surface area contributed by atoms with Gasteiger partial charge in [-0.1, -0.05) is 48.5 Å². The second-order valence-corrected chi connectivity index (χ2v) is 16.0. The topological polar surface area (TPSA) is 193 Å². The van der Waals surface area contributed by atoms with E-state index in [-0.39, 0.29) is 35.7 Å². The van der Waals surface area contributed by atoms with Gasteiger partial charge in [-0.25, -0.2) is 19.6 Å². The molecule has 6 heterocycles. The first-order valence-electron chi connectivity index (χ1n) is 21.1. The molecule has 0 bridgehead atoms. The second kappa shape index (κ2) is 18.7. The van der Waals surface area contributed by atoms with Crippen molar-refractivity contribution in [3.8, 4) is 33.6 Å². The van der Waals surface area contributed by atoms with E-state index in [0.717, 1.165) is 71.0 Å². The van der Waals surface area contributed by atoms with Gasteiger partial charge in [-0.3, -0.25) is 9.59 Å². The molecule has 4 aliphatic heterocycles. The lowest BCUT2D eigenvalue weighted by Crippen LogP contribution is -2.53. The van der Waals surface area contributed by atoms with Crippen LogP contribution in [-0.4, -0.2) is 120 Å². The zero-order valence-electron chi connectivity index (χ0n) is 34.2. The minimum Gasteiger partial charge on any atom is -0.453 e. The van der Waals surface area contributed by atoms with Crippen molar-refractivity contribution in [1.82, 2.24) is 40.4 Å². The van der Waals surface area contributed by atoms with Crippen LogP contribution >= 0.6 is 0 Å². The van der Waals surface area contributed by atoms with Crippen LogP contribution in [0.1, 0.15) is 75.1 Å². The molecule has 4 N–H and O–H groups in total. The molecule has 0 saturated carbocycles. The summed E-state index contributed by atoms with van der Waals surface area (Å²) in [6, 6.07) is 14.7. The van der Waals surface area contributed by atoms with Crippen molar-refractivity contribution in [2.24, 2.45) is 11.8 Å². The number of rotatable bonds is 11. The van der Waals surface area contributed by atoms with Crippen LogP contribution in [0.4, 0.5) is 9.59 Å². The van der Waals surface area contributed by atoms with Crippen LogP contribution in [0, 0.1) is 11.8 Å². The predicted octanol–water partition coefficient (Wildman–Crippen LogP) is 5.76. The van der Waals surface area contributed by atoms with Crippen LogP contribution in [-0.2, 0) is 28.5 Å². The summed E-state index contributed by atoms with van der Waals surface area (Å²) in [5.74, 6) is 1.16. The SMILES string of the molecule is COC(=O)N[C@H](C(=O)N1CCCC1c1ncc(-c2ccc(-c3ccc(-c4cnc(C5CCCN5C(=O)[C@@H](NC(=O)OC)C5CCOCC5)[nH]4)cc3)cc2)[nH]1)C1CCOCC1. The molecule has 0 aliphatic carbocycles. The highest BCUT2D eigenvalue weighted by molar-refractivity contribution is 5.87. The van der Waals surface area contributed by atoms with Crippen LogP contribution in [0.15, 0.2) is 60.9 Å². The first kappa shape index (κ1) is 41.0. The van der Waals surface area contributed by atoms with Crippen molar-refractivity contribution in [3.05, 3.63) is 72.6 Å². The molecule has 0 radical (unpaired) electrons. The number of benzene rings is 2. The van der Waals surface area contributed by atoms with Gasteiger partial charge in [0.05, 0.1) is 50.1 Å². The molecule has 16 heteroatoms. The molecule has 16 nitrogen and oxygen atoms in total. The van der Waals surface area contributed by atoms with Crippen molar-refractivity contribution >= 4 is 24.0 Å². The van der Waals surface area contributed by atoms with Crippen molar-refractivity contribution in [2.45, 2.75) is 75.5 Å². The van der Waals surface area contributed by atoms with E-state index < -0.39 is 24.3 Å². The van der Waals surface area contributed by atoms with Gasteiger partial charge in [0.15, 0.2) is 0 Å². The maximum absolute atomic E-state index is 14.0. The van der Waals surface area contributed by atoms with E-state index in [1.165, 1.54) is 14.2 Å². The standard InChI is InChI=1S/C44H54N8O8/c1-57-43(55)49-37(31-15-21-59-22-16-31)41(53)51-19-3-5-35(51)39-45-25-33(47-39)29-11-7-27(8-12-29)28-9-13-30(14-10-28)34-26-46-40(48-34)36-6-4-20-52(36)42(54)38(50-44(56)58-2)32-17-23-60-24-18-32/h7-14,25-26,31-32,35-38H,3-6,15-24H2,1-2H3,(H,45,47)(H,46,48)(H,49,55)(H,50,56)/t35?,36?,37-,38-/m0/s1. The highest BCUT2D eigenvalue weighted by Crippen LogP contribution is 2.36. The molecule has 4 amide bonds. The molecule has 8 rings (SSSR count). The lowest BCUT2D eigenvalue weighted by atomic mass is 9.90. The molecule has 4 saturated heterocycles. The number of carbonyl (C=O) groups excluding carboxylic acids is 4. The summed E-state index contributed by atoms with van der Waals surface area (Å²) in [6.07, 6.45) is 8.40. The Hall–Kier alpha value is -5.74. The van der Waals surface area contributed by atoms with Crippen molar-refractivity contribution in [1.29, 1.82) is 0 Å². The van der Waals surface area contributed by atoms with Gasteiger partial charge in [-0.05, 0) is 85.5 Å². The first-order chi connectivity index (χ1) is 29.3. The van der Waals surface area contributed by atoms with Crippen molar-refractivity contribution in [3.63, 3.8) is 0 Å². The number of aromatic nitrogens is 4. The highest BCUT2D eigenvalue weighted by atomic mass is 16.5. The van der Waals surface area contributed by atoms with E-state index in [1.54, 1.807) is 0 Å². The third-order valence-corrected chi connectivity index (χ3v) is 12.5. The van der Waals surface area contributed by atoms with E-state index in [2.05, 4.69) is 69.1 Å². The molecule has 4 aliphatic rings. The van der Waals surface area contributed by atoms with Gasteiger partial charge in [-0.15, -0.1) is 0 Å². The summed E-state index contributed by atoms with van der Waals surface area (Å²) in [5.41, 5.74) is 5.77. The third-order valence-electron chi connectivity index (χ3n) is 12.5. The number of hydrogen-bond acceptors (Lipinski definition) is 10. The van der Waals surface area contributed by atoms with E-state index in [4.69, 9.17) is 28.9 Å². The fourth-order valence-electron chi connectivity index (χ4n) is 9.21. The normalized spacial score (nSPS) is 21.0. The van der Waals surface area contributed by atoms with Gasteiger partial charge in [0.25, 0.3) is 0 Å². The zero-order valence-corrected chi connectivity index (χ0v) is 34.2. The van der Waals surface area contributed by atoms with E-state index in [0.29, 0.717) is 65.2 Å². The quantitative estimate of drug-likeness (QED) is 0.145. The Morgan fingerprint density at radius 3 is 1.33 bits per heavy atom. The molecular formula is C44H54N8O8. The van der Waals surface area contributed by atoms with Gasteiger partial charge >= 0.3 is 12.2 Å². The number of hydrogen-bond donors (Lipinski definition) is 4. The summed E-state index contributed by atoms with van der Waals surface area (Å²) in [5, 5.41) is 5.62. The summed E-state index contributed by atoms with van der Waals surface area (Å²) in [4.78, 5) is 72.5. The highest BCUT2D eigenvalue weighted by Gasteiger charge is 2.41. The molecule has 60 heavy (non-hydrogen) atoms. The molecule has 4 atom stereocenters. The summed E-state index contributed by atoms with van der Waals surface area (Å²) in [7, 11) is 2.61. The number of alkyl carbamates (subject to hydrolysis) is 2. The number of ether oxygens (including phenoxy) is 4. The van der Waals surface area contributed by atoms with Crippen LogP contribution in [0.2, 0.25) is 0 Å². The third kappa shape index (κ3) is 8.89. The molecule has 2 aromatic carbocycles. The number of aromatic amines is 2. The fraction of sp³-hybridized carbons (Fsp3) is 0.500. The van der Waals surface area contributed by atoms with Crippen LogP contribution in [0.3, 0.4) is 0 Å². The van der Waals surface area contributed by atoms with Gasteiger partial charge < -0.3 is 49.3 Å². The fourth-order valence-corrected chi connectivity index (χ4v) is 9.21. The molecule has 2 aromatic heterocycles. The van der Waals surface area contributed by atoms with E-state index in [1.807, 2.05) is 22.2 Å². The monoisotopic (exact) mass is 822 g/mol. The average Bonchev–Trinajstić information content (AvgIpc) is 4.15. The van der Waals surface area contributed by atoms with Crippen LogP contribution in [0.5, 0.6) is 0 Å². The largest absolute Gasteiger partial charge is 0.453 e. The lowest BCUT2D eigenvalue weighted by Gasteiger charge is -2.34. The van der Waals surface area contributed by atoms with Crippen LogP contribution in [0.25, 0.3) is 33.6 Å². The number of nitrogens with one attached hydrogen (secondary N) is 4. The first-order valence-corrected chi connectivity index (χ1v) is 21.1. The molecule has 318 valence electrons. The molecular weight excluding hydrogens is 769 g/mol. The number of likely N-dealkylation sites (tertiary alicyclic amines) is 2. The van der Waals surface area contributed by atoms with E-state index >= 15 is 0 Å². The number of amides is 4. The number of imidazole rings is 2. The maximum Gasteiger partial charge on any atom is 0.407 e. The smallest absolute Gasteiger partial charge is 0.407 e. The predicted molar refractivity (Wildman–Crippen MR) is 220 cm³/mol. The Morgan fingerprint density at radius 2 is 0.967 bits per heavy atom. The van der Waals surface area contributed by atoms with Gasteiger partial charge in [0.2, 0.25) is 11.8 Å². The van der Waals surface area contributed by atoms with Gasteiger partial charge in [0, 0.05) is 39.5 Å². The molecule has 4 fully saturated rings.